The highest BCUT2D eigenvalue weighted by Gasteiger charge is 2.31. The largest absolute Gasteiger partial charge is 0.497 e. The van der Waals surface area contributed by atoms with Gasteiger partial charge < -0.3 is 30.3 Å². The van der Waals surface area contributed by atoms with E-state index >= 15 is 0 Å². The summed E-state index contributed by atoms with van der Waals surface area (Å²) in [4.78, 5) is 18.4. The van der Waals surface area contributed by atoms with E-state index in [0.29, 0.717) is 59.4 Å². The Labute approximate surface area is 324 Å². The van der Waals surface area contributed by atoms with Crippen molar-refractivity contribution in [2.24, 2.45) is 0 Å². The Balaban J connectivity index is 1.04. The van der Waals surface area contributed by atoms with Crippen LogP contribution in [-0.4, -0.2) is 110 Å². The van der Waals surface area contributed by atoms with Gasteiger partial charge >= 0.3 is 6.18 Å². The third-order valence-corrected chi connectivity index (χ3v) is 10.4. The molecule has 10 nitrogen and oxygen atoms in total. The number of aryl methyl sites for hydroxylation is 2. The van der Waals surface area contributed by atoms with E-state index in [4.69, 9.17) is 39.1 Å². The minimum Gasteiger partial charge on any atom is -0.497 e. The van der Waals surface area contributed by atoms with Gasteiger partial charge in [0.15, 0.2) is 10.2 Å². The van der Waals surface area contributed by atoms with Crippen LogP contribution in [-0.2, 0) is 19.3 Å². The molecule has 4 aromatic rings. The average Bonchev–Trinajstić information content (AvgIpc) is 3.15. The SMILES string of the molecule is COc1ccc(CN2CCN(C(=S)Nc3cc(C)cc(-c4cc(C)cc(NC(=S)N5CCN(Cc6ccc(C(F)(F)F)cc6)C(CO)C5)n4)n3)CC2)cc1. The van der Waals surface area contributed by atoms with Gasteiger partial charge in [-0.1, -0.05) is 24.3 Å². The molecule has 2 aliphatic rings. The quantitative estimate of drug-likeness (QED) is 0.170. The highest BCUT2D eigenvalue weighted by Crippen LogP contribution is 2.30. The van der Waals surface area contributed by atoms with Crippen LogP contribution in [0.5, 0.6) is 5.75 Å². The van der Waals surface area contributed by atoms with Crippen molar-refractivity contribution in [3.05, 3.63) is 101 Å². The lowest BCUT2D eigenvalue weighted by Crippen LogP contribution is -2.56. The molecule has 4 heterocycles. The number of anilines is 2. The maximum absolute atomic E-state index is 13.0. The summed E-state index contributed by atoms with van der Waals surface area (Å²) < 4.78 is 44.3. The van der Waals surface area contributed by atoms with Crippen LogP contribution in [0.25, 0.3) is 11.4 Å². The summed E-state index contributed by atoms with van der Waals surface area (Å²) in [6.07, 6.45) is -4.38. The number of pyridine rings is 2. The van der Waals surface area contributed by atoms with Gasteiger partial charge in [0.1, 0.15) is 17.4 Å². The van der Waals surface area contributed by atoms with Crippen LogP contribution in [0, 0.1) is 13.8 Å². The number of rotatable bonds is 9. The molecule has 15 heteroatoms. The van der Waals surface area contributed by atoms with E-state index in [1.54, 1.807) is 7.11 Å². The monoisotopic (exact) mass is 778 g/mol. The van der Waals surface area contributed by atoms with Crippen LogP contribution in [0.4, 0.5) is 24.8 Å². The second-order valence-electron chi connectivity index (χ2n) is 13.7. The molecule has 2 aromatic heterocycles. The summed E-state index contributed by atoms with van der Waals surface area (Å²) in [7, 11) is 1.67. The number of nitrogens with one attached hydrogen (secondary N) is 2. The van der Waals surface area contributed by atoms with Crippen LogP contribution in [0.15, 0.2) is 72.8 Å². The van der Waals surface area contributed by atoms with Gasteiger partial charge in [-0.15, -0.1) is 0 Å². The van der Waals surface area contributed by atoms with Crippen molar-refractivity contribution in [3.63, 3.8) is 0 Å². The Bertz CT molecular complexity index is 1920. The molecule has 1 atom stereocenters. The molecule has 0 spiro atoms. The number of alkyl halides is 3. The Morgan fingerprint density at radius 1 is 0.759 bits per heavy atom. The van der Waals surface area contributed by atoms with Crippen molar-refractivity contribution in [1.29, 1.82) is 0 Å². The molecule has 6 rings (SSSR count). The minimum atomic E-state index is -4.38. The van der Waals surface area contributed by atoms with E-state index < -0.39 is 11.7 Å². The molecular formula is C39H45F3N8O2S2. The molecule has 0 saturated carbocycles. The molecule has 2 aliphatic heterocycles. The van der Waals surface area contributed by atoms with E-state index in [1.165, 1.54) is 17.7 Å². The molecule has 0 bridgehead atoms. The number of benzene rings is 2. The molecular weight excluding hydrogens is 734 g/mol. The van der Waals surface area contributed by atoms with Gasteiger partial charge in [-0.05, 0) is 109 Å². The lowest BCUT2D eigenvalue weighted by Gasteiger charge is -2.41. The van der Waals surface area contributed by atoms with Crippen molar-refractivity contribution < 1.29 is 23.0 Å². The Morgan fingerprint density at radius 3 is 1.81 bits per heavy atom. The van der Waals surface area contributed by atoms with Gasteiger partial charge in [0.2, 0.25) is 0 Å². The lowest BCUT2D eigenvalue weighted by atomic mass is 10.1. The number of hydrogen-bond donors (Lipinski definition) is 3. The van der Waals surface area contributed by atoms with Crippen LogP contribution in [0.2, 0.25) is 0 Å². The zero-order chi connectivity index (χ0) is 38.4. The summed E-state index contributed by atoms with van der Waals surface area (Å²) >= 11 is 11.6. The van der Waals surface area contributed by atoms with Crippen molar-refractivity contribution >= 4 is 46.3 Å². The normalized spacial score (nSPS) is 17.0. The Hall–Kier alpha value is -4.41. The van der Waals surface area contributed by atoms with Gasteiger partial charge in [0.25, 0.3) is 0 Å². The topological polar surface area (TPSA) is 92.3 Å². The molecule has 1 unspecified atom stereocenters. The van der Waals surface area contributed by atoms with Gasteiger partial charge in [-0.25, -0.2) is 9.97 Å². The lowest BCUT2D eigenvalue weighted by molar-refractivity contribution is -0.137. The first-order valence-electron chi connectivity index (χ1n) is 17.8. The predicted molar refractivity (Wildman–Crippen MR) is 214 cm³/mol. The fraction of sp³-hybridized carbons (Fsp3) is 0.385. The first kappa shape index (κ1) is 39.3. The Morgan fingerprint density at radius 2 is 1.28 bits per heavy atom. The number of aliphatic hydroxyl groups excluding tert-OH is 1. The second-order valence-corrected chi connectivity index (χ2v) is 14.5. The summed E-state index contributed by atoms with van der Waals surface area (Å²) in [5, 5.41) is 17.9. The zero-order valence-corrected chi connectivity index (χ0v) is 32.2. The minimum absolute atomic E-state index is 0.119. The molecule has 3 N–H and O–H groups in total. The smallest absolute Gasteiger partial charge is 0.416 e. The maximum atomic E-state index is 13.0. The second kappa shape index (κ2) is 17.4. The predicted octanol–water partition coefficient (Wildman–Crippen LogP) is 6.18. The molecule has 0 aliphatic carbocycles. The number of piperazine rings is 2. The molecule has 0 radical (unpaired) electrons. The fourth-order valence-corrected chi connectivity index (χ4v) is 7.25. The number of ether oxygens (including phenoxy) is 1. The van der Waals surface area contributed by atoms with E-state index in [0.717, 1.165) is 67.3 Å². The molecule has 286 valence electrons. The number of nitrogens with zero attached hydrogens (tertiary/aromatic N) is 6. The van der Waals surface area contributed by atoms with Crippen molar-refractivity contribution in [2.45, 2.75) is 39.2 Å². The average molecular weight is 779 g/mol. The standard InChI is InChI=1S/C39H45F3N8O2S2/c1-26-18-33(43-35(20-26)45-37(53)48-14-12-47(13-15-48)22-28-6-10-32(52-3)11-7-28)34-19-27(2)21-36(44-34)46-38(54)50-17-16-49(31(24-50)25-51)23-29-4-8-30(9-5-29)39(40,41)42/h4-11,18-21,31,51H,12-17,22-25H2,1-3H3,(H,43,45,53)(H,44,46,54). The Kier molecular flexibility index (Phi) is 12.6. The summed E-state index contributed by atoms with van der Waals surface area (Å²) in [5.74, 6) is 2.07. The van der Waals surface area contributed by atoms with Gasteiger partial charge in [0.05, 0.1) is 36.7 Å². The van der Waals surface area contributed by atoms with Crippen LogP contribution in [0.3, 0.4) is 0 Å². The van der Waals surface area contributed by atoms with Crippen molar-refractivity contribution in [2.75, 3.05) is 70.2 Å². The first-order chi connectivity index (χ1) is 25.9. The molecule has 2 aromatic carbocycles. The van der Waals surface area contributed by atoms with Crippen molar-refractivity contribution in [3.8, 4) is 17.1 Å². The van der Waals surface area contributed by atoms with Crippen LogP contribution in [0.1, 0.15) is 27.8 Å². The summed E-state index contributed by atoms with van der Waals surface area (Å²) in [6, 6.07) is 20.9. The van der Waals surface area contributed by atoms with Crippen molar-refractivity contribution in [1.82, 2.24) is 29.6 Å². The number of halogens is 3. The first-order valence-corrected chi connectivity index (χ1v) is 18.6. The third kappa shape index (κ3) is 10.2. The summed E-state index contributed by atoms with van der Waals surface area (Å²) in [6.45, 7) is 10.2. The molecule has 2 fully saturated rings. The van der Waals surface area contributed by atoms with Crippen LogP contribution < -0.4 is 15.4 Å². The number of hydrogen-bond acceptors (Lipinski definition) is 8. The zero-order valence-electron chi connectivity index (χ0n) is 30.6. The molecule has 0 amide bonds. The van der Waals surface area contributed by atoms with E-state index in [-0.39, 0.29) is 12.6 Å². The number of methoxy groups -OCH3 is 1. The molecule has 2 saturated heterocycles. The summed E-state index contributed by atoms with van der Waals surface area (Å²) in [5.41, 5.74) is 4.67. The highest BCUT2D eigenvalue weighted by atomic mass is 32.1. The van der Waals surface area contributed by atoms with E-state index in [2.05, 4.69) is 37.5 Å². The van der Waals surface area contributed by atoms with Gasteiger partial charge in [-0.2, -0.15) is 13.2 Å². The number of thiocarbonyl (C=S) groups is 2. The van der Waals surface area contributed by atoms with E-state index in [1.807, 2.05) is 55.1 Å². The maximum Gasteiger partial charge on any atom is 0.416 e. The highest BCUT2D eigenvalue weighted by molar-refractivity contribution is 7.80. The van der Waals surface area contributed by atoms with Gasteiger partial charge in [-0.3, -0.25) is 9.80 Å². The van der Waals surface area contributed by atoms with Crippen LogP contribution >= 0.6 is 24.4 Å². The number of aliphatic hydroxyl groups is 1. The molecule has 54 heavy (non-hydrogen) atoms. The third-order valence-electron chi connectivity index (χ3n) is 9.67. The van der Waals surface area contributed by atoms with Gasteiger partial charge in [0, 0.05) is 58.9 Å². The van der Waals surface area contributed by atoms with E-state index in [9.17, 15) is 18.3 Å². The fourth-order valence-electron chi connectivity index (χ4n) is 6.69. The number of aromatic nitrogens is 2.